The third kappa shape index (κ3) is 2.59. The van der Waals surface area contributed by atoms with Crippen molar-refractivity contribution in [1.82, 2.24) is 10.0 Å². The third-order valence-electron chi connectivity index (χ3n) is 6.48. The molecule has 0 unspecified atom stereocenters. The summed E-state index contributed by atoms with van der Waals surface area (Å²) in [7, 11) is 0. The normalized spacial score (nSPS) is 27.0. The van der Waals surface area contributed by atoms with Crippen LogP contribution < -0.4 is 4.90 Å². The second-order valence-corrected chi connectivity index (χ2v) is 8.41. The number of hydrogen-bond acceptors (Lipinski definition) is 4. The van der Waals surface area contributed by atoms with Gasteiger partial charge in [-0.3, -0.25) is 9.59 Å². The minimum absolute atomic E-state index is 0.147. The number of nitrogens with zero attached hydrogens (tertiary/aromatic N) is 3. The van der Waals surface area contributed by atoms with E-state index in [-0.39, 0.29) is 23.7 Å². The molecule has 0 aliphatic carbocycles. The van der Waals surface area contributed by atoms with Gasteiger partial charge in [0.2, 0.25) is 5.91 Å². The lowest BCUT2D eigenvalue weighted by atomic mass is 9.90. The lowest BCUT2D eigenvalue weighted by Crippen LogP contribution is -2.44. The van der Waals surface area contributed by atoms with Crippen LogP contribution in [0, 0.1) is 32.5 Å². The quantitative estimate of drug-likeness (QED) is 0.735. The molecule has 3 saturated heterocycles. The van der Waals surface area contributed by atoms with Gasteiger partial charge in [0.25, 0.3) is 5.91 Å². The Hall–Kier alpha value is -2.57. The maximum atomic E-state index is 13.6. The van der Waals surface area contributed by atoms with E-state index in [9.17, 15) is 14.0 Å². The largest absolute Gasteiger partial charge is 0.274 e. The van der Waals surface area contributed by atoms with Crippen molar-refractivity contribution in [3.05, 3.63) is 64.5 Å². The van der Waals surface area contributed by atoms with Gasteiger partial charge in [0.05, 0.1) is 17.6 Å². The Bertz CT molecular complexity index is 996. The molecule has 2 aromatic carbocycles. The highest BCUT2D eigenvalue weighted by molar-refractivity contribution is 6.24. The molecular formula is C23H24FN3O2. The average Bonchev–Trinajstić information content (AvgIpc) is 3.30. The van der Waals surface area contributed by atoms with E-state index in [1.807, 2.05) is 32.9 Å². The summed E-state index contributed by atoms with van der Waals surface area (Å²) in [6.07, 6.45) is 0.949. The van der Waals surface area contributed by atoms with Crippen LogP contribution in [0.25, 0.3) is 0 Å². The van der Waals surface area contributed by atoms with Crippen LogP contribution in [0.15, 0.2) is 36.4 Å². The molecule has 2 aromatic rings. The van der Waals surface area contributed by atoms with Crippen molar-refractivity contribution >= 4 is 17.5 Å². The summed E-state index contributed by atoms with van der Waals surface area (Å²) in [6, 6.07) is 9.62. The Kier molecular flexibility index (Phi) is 4.12. The van der Waals surface area contributed by atoms with E-state index < -0.39 is 12.0 Å². The molecule has 29 heavy (non-hydrogen) atoms. The Morgan fingerprint density at radius 3 is 2.07 bits per heavy atom. The predicted molar refractivity (Wildman–Crippen MR) is 108 cm³/mol. The molecule has 0 aromatic heterocycles. The van der Waals surface area contributed by atoms with Crippen LogP contribution in [0.4, 0.5) is 10.1 Å². The molecule has 0 spiro atoms. The van der Waals surface area contributed by atoms with Crippen molar-refractivity contribution in [2.75, 3.05) is 18.0 Å². The second-order valence-electron chi connectivity index (χ2n) is 8.41. The van der Waals surface area contributed by atoms with Crippen molar-refractivity contribution in [3.8, 4) is 0 Å². The summed E-state index contributed by atoms with van der Waals surface area (Å²) < 4.78 is 13.5. The topological polar surface area (TPSA) is 43.9 Å². The second kappa shape index (κ2) is 6.47. The van der Waals surface area contributed by atoms with Gasteiger partial charge in [-0.05, 0) is 56.0 Å². The number of halogens is 1. The van der Waals surface area contributed by atoms with E-state index >= 15 is 0 Å². The molecule has 6 heteroatoms. The molecule has 5 nitrogen and oxygen atoms in total. The molecule has 3 fully saturated rings. The molecule has 150 valence electrons. The molecule has 0 saturated carbocycles. The first-order valence-corrected chi connectivity index (χ1v) is 10.1. The zero-order valence-electron chi connectivity index (χ0n) is 16.9. The van der Waals surface area contributed by atoms with Crippen LogP contribution in [-0.2, 0) is 9.59 Å². The number of rotatable bonds is 2. The number of amides is 2. The molecule has 2 amide bonds. The van der Waals surface area contributed by atoms with Gasteiger partial charge in [-0.2, -0.15) is 0 Å². The first-order chi connectivity index (χ1) is 13.9. The molecule has 3 atom stereocenters. The number of benzene rings is 2. The molecule has 3 aliphatic heterocycles. The van der Waals surface area contributed by atoms with Gasteiger partial charge in [-0.25, -0.2) is 19.3 Å². The summed E-state index contributed by atoms with van der Waals surface area (Å²) >= 11 is 0. The van der Waals surface area contributed by atoms with Gasteiger partial charge in [-0.15, -0.1) is 0 Å². The number of carbonyl (C=O) groups excluding carboxylic acids is 2. The summed E-state index contributed by atoms with van der Waals surface area (Å²) in [5, 5.41) is 4.21. The predicted octanol–water partition coefficient (Wildman–Crippen LogP) is 3.29. The maximum Gasteiger partial charge on any atom is 0.253 e. The standard InChI is InChI=1S/C23H24FN3O2/c1-13-11-14(2)19(15(3)12-13)27-22(28)18-20(16-5-7-17(24)8-6-16)25-9-4-10-26(25)21(18)23(27)29/h5-8,11-12,18,20-21H,4,9-10H2,1-3H3/t18-,20+,21-/m0/s1. The van der Waals surface area contributed by atoms with Crippen LogP contribution >= 0.6 is 0 Å². The number of carbonyl (C=O) groups is 2. The van der Waals surface area contributed by atoms with Gasteiger partial charge >= 0.3 is 0 Å². The van der Waals surface area contributed by atoms with Crippen molar-refractivity contribution < 1.29 is 14.0 Å². The van der Waals surface area contributed by atoms with E-state index in [4.69, 9.17) is 0 Å². The first-order valence-electron chi connectivity index (χ1n) is 10.1. The number of hydrazine groups is 1. The number of hydrogen-bond donors (Lipinski definition) is 0. The van der Waals surface area contributed by atoms with Crippen molar-refractivity contribution in [3.63, 3.8) is 0 Å². The SMILES string of the molecule is Cc1cc(C)c(N2C(=O)[C@@H]3[C@@H](C2=O)N2CCCN2[C@@H]3c2ccc(F)cc2)c(C)c1. The van der Waals surface area contributed by atoms with Crippen LogP contribution in [0.5, 0.6) is 0 Å². The van der Waals surface area contributed by atoms with Crippen molar-refractivity contribution in [1.29, 1.82) is 0 Å². The van der Waals surface area contributed by atoms with Gasteiger partial charge in [0, 0.05) is 13.1 Å². The highest BCUT2D eigenvalue weighted by Gasteiger charge is 2.63. The molecule has 0 N–H and O–H groups in total. The average molecular weight is 393 g/mol. The van der Waals surface area contributed by atoms with Crippen LogP contribution in [0.2, 0.25) is 0 Å². The van der Waals surface area contributed by atoms with Crippen LogP contribution in [0.3, 0.4) is 0 Å². The molecule has 3 aliphatic rings. The van der Waals surface area contributed by atoms with Gasteiger partial charge in [-0.1, -0.05) is 29.8 Å². The summed E-state index contributed by atoms with van der Waals surface area (Å²) in [6.45, 7) is 7.47. The highest BCUT2D eigenvalue weighted by Crippen LogP contribution is 2.49. The Morgan fingerprint density at radius 2 is 1.45 bits per heavy atom. The minimum Gasteiger partial charge on any atom is -0.274 e. The number of aryl methyl sites for hydroxylation is 3. The number of anilines is 1. The summed E-state index contributed by atoms with van der Waals surface area (Å²) in [5.74, 6) is -1.08. The Balaban J connectivity index is 1.61. The zero-order valence-corrected chi connectivity index (χ0v) is 16.9. The van der Waals surface area contributed by atoms with E-state index in [1.165, 1.54) is 17.0 Å². The fraction of sp³-hybridized carbons (Fsp3) is 0.391. The van der Waals surface area contributed by atoms with Crippen LogP contribution in [0.1, 0.15) is 34.7 Å². The highest BCUT2D eigenvalue weighted by atomic mass is 19.1. The maximum absolute atomic E-state index is 13.6. The molecular weight excluding hydrogens is 369 g/mol. The fourth-order valence-corrected chi connectivity index (χ4v) is 5.52. The van der Waals surface area contributed by atoms with Gasteiger partial charge in [0.1, 0.15) is 11.9 Å². The van der Waals surface area contributed by atoms with E-state index in [2.05, 4.69) is 10.0 Å². The van der Waals surface area contributed by atoms with E-state index in [0.717, 1.165) is 41.8 Å². The monoisotopic (exact) mass is 393 g/mol. The van der Waals surface area contributed by atoms with E-state index in [0.29, 0.717) is 5.69 Å². The third-order valence-corrected chi connectivity index (χ3v) is 6.48. The smallest absolute Gasteiger partial charge is 0.253 e. The van der Waals surface area contributed by atoms with Crippen molar-refractivity contribution in [2.45, 2.75) is 39.3 Å². The van der Waals surface area contributed by atoms with Gasteiger partial charge in [0.15, 0.2) is 0 Å². The molecule has 3 heterocycles. The molecule has 0 bridgehead atoms. The minimum atomic E-state index is -0.486. The molecule has 5 rings (SSSR count). The lowest BCUT2D eigenvalue weighted by molar-refractivity contribution is -0.126. The number of fused-ring (bicyclic) bond motifs is 3. The zero-order chi connectivity index (χ0) is 20.4. The van der Waals surface area contributed by atoms with Crippen molar-refractivity contribution in [2.24, 2.45) is 5.92 Å². The fourth-order valence-electron chi connectivity index (χ4n) is 5.52. The number of imide groups is 1. The van der Waals surface area contributed by atoms with Crippen LogP contribution in [-0.4, -0.2) is 41.0 Å². The first kappa shape index (κ1) is 18.5. The Labute approximate surface area is 169 Å². The summed E-state index contributed by atoms with van der Waals surface area (Å²) in [5.41, 5.74) is 4.56. The van der Waals surface area contributed by atoms with Gasteiger partial charge < -0.3 is 0 Å². The Morgan fingerprint density at radius 1 is 0.862 bits per heavy atom. The molecule has 0 radical (unpaired) electrons. The lowest BCUT2D eigenvalue weighted by Gasteiger charge is -2.30. The van der Waals surface area contributed by atoms with E-state index in [1.54, 1.807) is 12.1 Å². The summed E-state index contributed by atoms with van der Waals surface area (Å²) in [4.78, 5) is 28.6.